The van der Waals surface area contributed by atoms with Crippen LogP contribution in [0.15, 0.2) is 24.3 Å². The Hall–Kier alpha value is -1.86. The van der Waals surface area contributed by atoms with E-state index in [1.165, 1.54) is 6.42 Å². The molecule has 0 aliphatic carbocycles. The van der Waals surface area contributed by atoms with E-state index in [9.17, 15) is 4.79 Å². The molecule has 0 spiro atoms. The van der Waals surface area contributed by atoms with Crippen LogP contribution in [0.5, 0.6) is 0 Å². The third-order valence-corrected chi connectivity index (χ3v) is 4.27. The second-order valence-corrected chi connectivity index (χ2v) is 6.05. The number of hydrogen-bond donors (Lipinski definition) is 1. The average molecular weight is 285 g/mol. The lowest BCUT2D eigenvalue weighted by atomic mass is 10.0. The standard InChI is InChI=1S/C17H23N3O/c1-12(2)16-5-4-10-20(16)13(3)17(21)19-15-8-6-14(11-18)7-9-15/h6-9,12-13,16H,4-5,10H2,1-3H3,(H,19,21). The second-order valence-electron chi connectivity index (χ2n) is 6.05. The number of carbonyl (C=O) groups is 1. The van der Waals surface area contributed by atoms with Crippen LogP contribution in [0.4, 0.5) is 5.69 Å². The molecule has 1 heterocycles. The van der Waals surface area contributed by atoms with Crippen LogP contribution in [-0.2, 0) is 4.79 Å². The minimum absolute atomic E-state index is 0.0206. The van der Waals surface area contributed by atoms with Crippen molar-refractivity contribution < 1.29 is 4.79 Å². The Kier molecular flexibility index (Phi) is 4.98. The van der Waals surface area contributed by atoms with Crippen molar-refractivity contribution >= 4 is 11.6 Å². The Morgan fingerprint density at radius 2 is 2.00 bits per heavy atom. The third kappa shape index (κ3) is 3.62. The summed E-state index contributed by atoms with van der Waals surface area (Å²) in [7, 11) is 0. The Bertz CT molecular complexity index is 530. The highest BCUT2D eigenvalue weighted by molar-refractivity contribution is 5.94. The van der Waals surface area contributed by atoms with Gasteiger partial charge in [0.1, 0.15) is 0 Å². The van der Waals surface area contributed by atoms with Crippen LogP contribution in [0.3, 0.4) is 0 Å². The van der Waals surface area contributed by atoms with Gasteiger partial charge in [0, 0.05) is 11.7 Å². The topological polar surface area (TPSA) is 56.1 Å². The number of carbonyl (C=O) groups excluding carboxylic acids is 1. The molecule has 1 amide bonds. The molecule has 0 aromatic heterocycles. The molecule has 21 heavy (non-hydrogen) atoms. The molecule has 4 nitrogen and oxygen atoms in total. The van der Waals surface area contributed by atoms with Gasteiger partial charge >= 0.3 is 0 Å². The highest BCUT2D eigenvalue weighted by atomic mass is 16.2. The highest BCUT2D eigenvalue weighted by Gasteiger charge is 2.33. The molecule has 4 heteroatoms. The number of nitriles is 1. The quantitative estimate of drug-likeness (QED) is 0.925. The van der Waals surface area contributed by atoms with E-state index in [1.807, 2.05) is 6.92 Å². The van der Waals surface area contributed by atoms with Gasteiger partial charge in [-0.15, -0.1) is 0 Å². The maximum absolute atomic E-state index is 12.4. The summed E-state index contributed by atoms with van der Waals surface area (Å²) in [6, 6.07) is 9.41. The van der Waals surface area contributed by atoms with Crippen LogP contribution in [0.1, 0.15) is 39.2 Å². The average Bonchev–Trinajstić information content (AvgIpc) is 2.96. The highest BCUT2D eigenvalue weighted by Crippen LogP contribution is 2.26. The van der Waals surface area contributed by atoms with Gasteiger partial charge in [0.15, 0.2) is 0 Å². The van der Waals surface area contributed by atoms with Crippen molar-refractivity contribution in [3.05, 3.63) is 29.8 Å². The summed E-state index contributed by atoms with van der Waals surface area (Å²) in [5.74, 6) is 0.588. The summed E-state index contributed by atoms with van der Waals surface area (Å²) >= 11 is 0. The van der Waals surface area contributed by atoms with Crippen LogP contribution in [0.25, 0.3) is 0 Å². The number of likely N-dealkylation sites (tertiary alicyclic amines) is 1. The summed E-state index contributed by atoms with van der Waals surface area (Å²) in [5.41, 5.74) is 1.34. The van der Waals surface area contributed by atoms with Gasteiger partial charge in [0.05, 0.1) is 17.7 Å². The van der Waals surface area contributed by atoms with E-state index in [4.69, 9.17) is 5.26 Å². The molecule has 1 N–H and O–H groups in total. The van der Waals surface area contributed by atoms with Gasteiger partial charge < -0.3 is 5.32 Å². The summed E-state index contributed by atoms with van der Waals surface area (Å²) in [4.78, 5) is 14.7. The normalized spacial score (nSPS) is 20.2. The first kappa shape index (κ1) is 15.5. The fourth-order valence-corrected chi connectivity index (χ4v) is 3.04. The van der Waals surface area contributed by atoms with Gasteiger partial charge in [-0.2, -0.15) is 5.26 Å². The van der Waals surface area contributed by atoms with E-state index in [0.29, 0.717) is 17.5 Å². The minimum atomic E-state index is -0.129. The summed E-state index contributed by atoms with van der Waals surface area (Å²) in [6.45, 7) is 7.40. The molecule has 2 unspecified atom stereocenters. The van der Waals surface area contributed by atoms with E-state index >= 15 is 0 Å². The van der Waals surface area contributed by atoms with Crippen LogP contribution in [0.2, 0.25) is 0 Å². The molecule has 1 aliphatic heterocycles. The Morgan fingerprint density at radius 1 is 1.33 bits per heavy atom. The van der Waals surface area contributed by atoms with Crippen molar-refractivity contribution in [2.45, 2.75) is 45.7 Å². The van der Waals surface area contributed by atoms with Crippen LogP contribution >= 0.6 is 0 Å². The monoisotopic (exact) mass is 285 g/mol. The van der Waals surface area contributed by atoms with Gasteiger partial charge in [-0.3, -0.25) is 9.69 Å². The molecule has 1 aromatic rings. The minimum Gasteiger partial charge on any atom is -0.325 e. The van der Waals surface area contributed by atoms with E-state index in [0.717, 1.165) is 18.7 Å². The predicted octanol–water partition coefficient (Wildman–Crippen LogP) is 3.01. The zero-order chi connectivity index (χ0) is 15.4. The van der Waals surface area contributed by atoms with Gasteiger partial charge in [-0.1, -0.05) is 13.8 Å². The molecular weight excluding hydrogens is 262 g/mol. The molecule has 1 aliphatic rings. The number of nitrogens with zero attached hydrogens (tertiary/aromatic N) is 2. The maximum Gasteiger partial charge on any atom is 0.241 e. The zero-order valence-electron chi connectivity index (χ0n) is 13.0. The molecule has 0 saturated carbocycles. The molecule has 0 radical (unpaired) electrons. The van der Waals surface area contributed by atoms with Crippen molar-refractivity contribution in [3.63, 3.8) is 0 Å². The van der Waals surface area contributed by atoms with Crippen molar-refractivity contribution in [2.75, 3.05) is 11.9 Å². The Labute approximate surface area is 126 Å². The van der Waals surface area contributed by atoms with Gasteiger partial charge in [-0.25, -0.2) is 0 Å². The third-order valence-electron chi connectivity index (χ3n) is 4.27. The molecule has 112 valence electrons. The molecular formula is C17H23N3O. The lowest BCUT2D eigenvalue weighted by molar-refractivity contribution is -0.121. The number of rotatable bonds is 4. The summed E-state index contributed by atoms with van der Waals surface area (Å²) in [6.07, 6.45) is 2.34. The zero-order valence-corrected chi connectivity index (χ0v) is 13.0. The smallest absolute Gasteiger partial charge is 0.241 e. The number of nitrogens with one attached hydrogen (secondary N) is 1. The van der Waals surface area contributed by atoms with Crippen LogP contribution in [-0.4, -0.2) is 29.4 Å². The number of hydrogen-bond acceptors (Lipinski definition) is 3. The number of amides is 1. The van der Waals surface area contributed by atoms with E-state index < -0.39 is 0 Å². The lowest BCUT2D eigenvalue weighted by Crippen LogP contribution is -2.46. The van der Waals surface area contributed by atoms with Crippen molar-refractivity contribution in [1.29, 1.82) is 5.26 Å². The van der Waals surface area contributed by atoms with Crippen LogP contribution < -0.4 is 5.32 Å². The molecule has 1 aromatic carbocycles. The molecule has 1 saturated heterocycles. The molecule has 0 bridgehead atoms. The van der Waals surface area contributed by atoms with Crippen molar-refractivity contribution in [1.82, 2.24) is 4.90 Å². The van der Waals surface area contributed by atoms with E-state index in [-0.39, 0.29) is 11.9 Å². The van der Waals surface area contributed by atoms with Crippen molar-refractivity contribution in [2.24, 2.45) is 5.92 Å². The SMILES string of the molecule is CC(C)C1CCCN1C(C)C(=O)Nc1ccc(C#N)cc1. The first-order chi connectivity index (χ1) is 10.0. The number of anilines is 1. The Morgan fingerprint density at radius 3 is 2.57 bits per heavy atom. The van der Waals surface area contributed by atoms with E-state index in [2.05, 4.69) is 30.1 Å². The molecule has 1 fully saturated rings. The van der Waals surface area contributed by atoms with E-state index in [1.54, 1.807) is 24.3 Å². The number of benzene rings is 1. The lowest BCUT2D eigenvalue weighted by Gasteiger charge is -2.32. The first-order valence-electron chi connectivity index (χ1n) is 7.59. The van der Waals surface area contributed by atoms with Crippen LogP contribution in [0, 0.1) is 17.2 Å². The first-order valence-corrected chi connectivity index (χ1v) is 7.59. The van der Waals surface area contributed by atoms with Gasteiger partial charge in [-0.05, 0) is 56.5 Å². The summed E-state index contributed by atoms with van der Waals surface area (Å²) < 4.78 is 0. The molecule has 2 atom stereocenters. The summed E-state index contributed by atoms with van der Waals surface area (Å²) in [5, 5.41) is 11.7. The fourth-order valence-electron chi connectivity index (χ4n) is 3.04. The maximum atomic E-state index is 12.4. The second kappa shape index (κ2) is 6.73. The molecule has 2 rings (SSSR count). The van der Waals surface area contributed by atoms with Crippen molar-refractivity contribution in [3.8, 4) is 6.07 Å². The van der Waals surface area contributed by atoms with Gasteiger partial charge in [0.25, 0.3) is 0 Å². The fraction of sp³-hybridized carbons (Fsp3) is 0.529. The largest absolute Gasteiger partial charge is 0.325 e. The Balaban J connectivity index is 2.00. The predicted molar refractivity (Wildman–Crippen MR) is 83.8 cm³/mol. The van der Waals surface area contributed by atoms with Gasteiger partial charge in [0.2, 0.25) is 5.91 Å².